The standard InChI is InChI=1S/C31H28N2O5/c1-20-27(18-33-26(19-37-30(33)36)17-21-5-3-2-4-6-21)28(38-32-20)24-9-7-22(8-10-24)23-11-13-25(14-12-23)31(15-16-31)29(34)35/h2-14,26H,15-19H2,1H3,(H,34,35). The number of hydrogen-bond donors (Lipinski definition) is 1. The zero-order chi connectivity index (χ0) is 26.3. The van der Waals surface area contributed by atoms with Gasteiger partial charge in [0, 0.05) is 11.1 Å². The summed E-state index contributed by atoms with van der Waals surface area (Å²) in [6, 6.07) is 25.8. The molecule has 0 spiro atoms. The van der Waals surface area contributed by atoms with E-state index >= 15 is 0 Å². The molecule has 2 fully saturated rings. The Kier molecular flexibility index (Phi) is 5.98. The number of hydrogen-bond acceptors (Lipinski definition) is 5. The van der Waals surface area contributed by atoms with Crippen LogP contribution in [0.1, 0.15) is 35.2 Å². The van der Waals surface area contributed by atoms with E-state index in [1.54, 1.807) is 4.90 Å². The number of carboxylic acid groups (broad SMARTS) is 1. The number of amides is 1. The number of aryl methyl sites for hydroxylation is 1. The maximum absolute atomic E-state index is 12.6. The van der Waals surface area contributed by atoms with Crippen LogP contribution in [0.5, 0.6) is 0 Å². The normalized spacial score (nSPS) is 17.9. The van der Waals surface area contributed by atoms with Gasteiger partial charge in [0.25, 0.3) is 0 Å². The number of carboxylic acids is 1. The number of rotatable bonds is 8. The van der Waals surface area contributed by atoms with Gasteiger partial charge in [0.15, 0.2) is 5.76 Å². The summed E-state index contributed by atoms with van der Waals surface area (Å²) in [5.41, 5.74) is 5.82. The molecule has 2 heterocycles. The van der Waals surface area contributed by atoms with Crippen LogP contribution in [-0.2, 0) is 27.9 Å². The second-order valence-electron chi connectivity index (χ2n) is 10.2. The van der Waals surface area contributed by atoms with E-state index in [4.69, 9.17) is 9.26 Å². The highest BCUT2D eigenvalue weighted by Crippen LogP contribution is 2.48. The van der Waals surface area contributed by atoms with Crippen molar-refractivity contribution >= 4 is 12.1 Å². The SMILES string of the molecule is Cc1noc(-c2ccc(-c3ccc(C4(C(=O)O)CC4)cc3)cc2)c1CN1C(=O)OCC1Cc1ccccc1. The van der Waals surface area contributed by atoms with E-state index < -0.39 is 11.4 Å². The molecule has 1 aromatic heterocycles. The lowest BCUT2D eigenvalue weighted by molar-refractivity contribution is -0.140. The second kappa shape index (κ2) is 9.49. The first-order chi connectivity index (χ1) is 18.4. The van der Waals surface area contributed by atoms with Gasteiger partial charge in [-0.3, -0.25) is 9.69 Å². The lowest BCUT2D eigenvalue weighted by atomic mass is 9.93. The van der Waals surface area contributed by atoms with E-state index in [1.165, 1.54) is 0 Å². The highest BCUT2D eigenvalue weighted by atomic mass is 16.6. The van der Waals surface area contributed by atoms with Crippen LogP contribution in [0.15, 0.2) is 83.4 Å². The Morgan fingerprint density at radius 2 is 1.61 bits per heavy atom. The molecule has 192 valence electrons. The number of aliphatic carboxylic acids is 1. The summed E-state index contributed by atoms with van der Waals surface area (Å²) in [6.07, 6.45) is 1.77. The van der Waals surface area contributed by atoms with Gasteiger partial charge in [0.05, 0.1) is 23.7 Å². The summed E-state index contributed by atoms with van der Waals surface area (Å²) in [5.74, 6) is -0.110. The molecule has 7 nitrogen and oxygen atoms in total. The Balaban J connectivity index is 1.21. The third kappa shape index (κ3) is 4.34. The zero-order valence-electron chi connectivity index (χ0n) is 21.1. The first-order valence-electron chi connectivity index (χ1n) is 12.8. The van der Waals surface area contributed by atoms with Crippen molar-refractivity contribution < 1.29 is 24.0 Å². The van der Waals surface area contributed by atoms with Gasteiger partial charge in [0.1, 0.15) is 6.61 Å². The smallest absolute Gasteiger partial charge is 0.410 e. The van der Waals surface area contributed by atoms with Crippen molar-refractivity contribution in [2.45, 2.75) is 44.2 Å². The zero-order valence-corrected chi connectivity index (χ0v) is 21.1. The Morgan fingerprint density at radius 1 is 0.974 bits per heavy atom. The number of cyclic esters (lactones) is 1. The maximum Gasteiger partial charge on any atom is 0.410 e. The minimum absolute atomic E-state index is 0.0618. The van der Waals surface area contributed by atoms with E-state index in [2.05, 4.69) is 17.3 Å². The second-order valence-corrected chi connectivity index (χ2v) is 10.2. The number of benzene rings is 3. The minimum atomic E-state index is -0.749. The van der Waals surface area contributed by atoms with Gasteiger partial charge < -0.3 is 14.4 Å². The average Bonchev–Trinajstić information content (AvgIpc) is 3.59. The molecule has 0 bridgehead atoms. The van der Waals surface area contributed by atoms with Crippen LogP contribution >= 0.6 is 0 Å². The predicted molar refractivity (Wildman–Crippen MR) is 141 cm³/mol. The fraction of sp³-hybridized carbons (Fsp3) is 0.258. The van der Waals surface area contributed by atoms with Gasteiger partial charge in [-0.15, -0.1) is 0 Å². The molecular formula is C31H28N2O5. The molecule has 1 atom stereocenters. The minimum Gasteiger partial charge on any atom is -0.481 e. The molecule has 3 aromatic carbocycles. The fourth-order valence-corrected chi connectivity index (χ4v) is 5.26. The summed E-state index contributed by atoms with van der Waals surface area (Å²) in [6.45, 7) is 2.60. The van der Waals surface area contributed by atoms with Gasteiger partial charge in [-0.2, -0.15) is 0 Å². The maximum atomic E-state index is 12.6. The summed E-state index contributed by atoms with van der Waals surface area (Å²) in [5, 5.41) is 13.7. The molecular weight excluding hydrogens is 480 g/mol. The van der Waals surface area contributed by atoms with Crippen molar-refractivity contribution in [3.8, 4) is 22.5 Å². The molecule has 1 aliphatic heterocycles. The lowest BCUT2D eigenvalue weighted by Crippen LogP contribution is -2.34. The summed E-state index contributed by atoms with van der Waals surface area (Å²) >= 11 is 0. The van der Waals surface area contributed by atoms with E-state index in [-0.39, 0.29) is 12.1 Å². The quantitative estimate of drug-likeness (QED) is 0.314. The van der Waals surface area contributed by atoms with E-state index in [9.17, 15) is 14.7 Å². The van der Waals surface area contributed by atoms with Crippen molar-refractivity contribution in [2.75, 3.05) is 6.61 Å². The number of ether oxygens (including phenoxy) is 1. The van der Waals surface area contributed by atoms with E-state index in [1.807, 2.05) is 73.7 Å². The van der Waals surface area contributed by atoms with Crippen molar-refractivity contribution in [1.82, 2.24) is 10.1 Å². The fourth-order valence-electron chi connectivity index (χ4n) is 5.26. The Morgan fingerprint density at radius 3 is 2.24 bits per heavy atom. The molecule has 6 rings (SSSR count). The first-order valence-corrected chi connectivity index (χ1v) is 12.8. The third-order valence-corrected chi connectivity index (χ3v) is 7.78. The summed E-state index contributed by atoms with van der Waals surface area (Å²) in [7, 11) is 0. The number of aromatic nitrogens is 1. The van der Waals surface area contributed by atoms with Crippen molar-refractivity contribution in [3.63, 3.8) is 0 Å². The van der Waals surface area contributed by atoms with Crippen molar-refractivity contribution in [2.24, 2.45) is 0 Å². The molecule has 1 unspecified atom stereocenters. The van der Waals surface area contributed by atoms with Gasteiger partial charge in [-0.05, 0) is 48.4 Å². The molecule has 1 aliphatic carbocycles. The van der Waals surface area contributed by atoms with Gasteiger partial charge >= 0.3 is 12.1 Å². The Bertz CT molecular complexity index is 1470. The molecule has 1 saturated heterocycles. The molecule has 7 heteroatoms. The molecule has 2 aliphatic rings. The van der Waals surface area contributed by atoms with Crippen molar-refractivity contribution in [1.29, 1.82) is 0 Å². The molecule has 1 amide bonds. The number of carbonyl (C=O) groups excluding carboxylic acids is 1. The number of nitrogens with zero attached hydrogens (tertiary/aromatic N) is 2. The van der Waals surface area contributed by atoms with Gasteiger partial charge in [0.2, 0.25) is 0 Å². The van der Waals surface area contributed by atoms with Crippen LogP contribution in [0.2, 0.25) is 0 Å². The van der Waals surface area contributed by atoms with Crippen LogP contribution in [0.3, 0.4) is 0 Å². The summed E-state index contributed by atoms with van der Waals surface area (Å²) < 4.78 is 11.1. The van der Waals surface area contributed by atoms with Gasteiger partial charge in [-0.1, -0.05) is 84.0 Å². The Labute approximate surface area is 220 Å². The van der Waals surface area contributed by atoms with Crippen molar-refractivity contribution in [3.05, 3.63) is 101 Å². The highest BCUT2D eigenvalue weighted by molar-refractivity contribution is 5.85. The van der Waals surface area contributed by atoms with E-state index in [0.717, 1.165) is 39.1 Å². The van der Waals surface area contributed by atoms with Crippen LogP contribution < -0.4 is 0 Å². The molecule has 1 N–H and O–H groups in total. The number of carbonyl (C=O) groups is 2. The average molecular weight is 509 g/mol. The molecule has 0 radical (unpaired) electrons. The molecule has 1 saturated carbocycles. The van der Waals surface area contributed by atoms with Gasteiger partial charge in [-0.25, -0.2) is 4.79 Å². The topological polar surface area (TPSA) is 92.9 Å². The van der Waals surface area contributed by atoms with E-state index in [0.29, 0.717) is 38.2 Å². The highest BCUT2D eigenvalue weighted by Gasteiger charge is 2.51. The molecule has 4 aromatic rings. The lowest BCUT2D eigenvalue weighted by Gasteiger charge is -2.21. The van der Waals surface area contributed by atoms with Crippen LogP contribution in [-0.4, -0.2) is 39.9 Å². The summed E-state index contributed by atoms with van der Waals surface area (Å²) in [4.78, 5) is 26.0. The predicted octanol–water partition coefficient (Wildman–Crippen LogP) is 6.00. The third-order valence-electron chi connectivity index (χ3n) is 7.78. The Hall–Kier alpha value is -4.39. The monoisotopic (exact) mass is 508 g/mol. The first kappa shape index (κ1) is 24.0. The van der Waals surface area contributed by atoms with Crippen LogP contribution in [0.4, 0.5) is 4.79 Å². The largest absolute Gasteiger partial charge is 0.481 e. The molecule has 38 heavy (non-hydrogen) atoms. The van der Waals surface area contributed by atoms with Crippen LogP contribution in [0, 0.1) is 6.92 Å². The van der Waals surface area contributed by atoms with Crippen LogP contribution in [0.25, 0.3) is 22.5 Å².